The van der Waals surface area contributed by atoms with Crippen molar-refractivity contribution in [2.75, 3.05) is 0 Å². The summed E-state index contributed by atoms with van der Waals surface area (Å²) in [5, 5.41) is 0. The molecule has 0 spiro atoms. The van der Waals surface area contributed by atoms with Gasteiger partial charge in [-0.2, -0.15) is 0 Å². The summed E-state index contributed by atoms with van der Waals surface area (Å²) >= 11 is 0. The first kappa shape index (κ1) is 11.7. The first-order valence-corrected chi connectivity index (χ1v) is 5.23. The van der Waals surface area contributed by atoms with Gasteiger partial charge in [0.15, 0.2) is 0 Å². The lowest BCUT2D eigenvalue weighted by Crippen LogP contribution is -2.05. The van der Waals surface area contributed by atoms with Crippen LogP contribution in [-0.2, 0) is 0 Å². The van der Waals surface area contributed by atoms with E-state index < -0.39 is 0 Å². The second kappa shape index (κ2) is 6.28. The molecule has 0 aliphatic rings. The highest BCUT2D eigenvalue weighted by molar-refractivity contribution is 4.98. The molecular formula is C12H24. The first-order chi connectivity index (χ1) is 5.57. The average molecular weight is 168 g/mol. The molecule has 0 aromatic heterocycles. The van der Waals surface area contributed by atoms with Crippen molar-refractivity contribution in [3.05, 3.63) is 11.6 Å². The zero-order valence-corrected chi connectivity index (χ0v) is 9.35. The van der Waals surface area contributed by atoms with E-state index in [9.17, 15) is 0 Å². The van der Waals surface area contributed by atoms with Crippen LogP contribution >= 0.6 is 0 Å². The van der Waals surface area contributed by atoms with Gasteiger partial charge in [0.1, 0.15) is 0 Å². The fourth-order valence-electron chi connectivity index (χ4n) is 1.48. The highest BCUT2D eigenvalue weighted by Crippen LogP contribution is 2.20. The van der Waals surface area contributed by atoms with Crippen molar-refractivity contribution >= 4 is 0 Å². The van der Waals surface area contributed by atoms with Crippen molar-refractivity contribution in [1.29, 1.82) is 0 Å². The lowest BCUT2D eigenvalue weighted by Gasteiger charge is -2.17. The van der Waals surface area contributed by atoms with Crippen LogP contribution in [-0.4, -0.2) is 0 Å². The van der Waals surface area contributed by atoms with E-state index in [4.69, 9.17) is 0 Å². The molecule has 0 aliphatic carbocycles. The van der Waals surface area contributed by atoms with Gasteiger partial charge in [0.25, 0.3) is 0 Å². The number of rotatable bonds is 5. The molecule has 0 fully saturated rings. The standard InChI is InChI=1S/C12H24/c1-6-7-8-12(11(4)5)9-10(2)3/h9,11-12H,6-8H2,1-5H3. The normalized spacial score (nSPS) is 13.2. The van der Waals surface area contributed by atoms with E-state index in [0.717, 1.165) is 11.8 Å². The maximum absolute atomic E-state index is 2.43. The topological polar surface area (TPSA) is 0 Å². The molecule has 0 radical (unpaired) electrons. The van der Waals surface area contributed by atoms with Crippen LogP contribution in [0.2, 0.25) is 0 Å². The summed E-state index contributed by atoms with van der Waals surface area (Å²) in [6.07, 6.45) is 6.48. The van der Waals surface area contributed by atoms with Crippen molar-refractivity contribution in [2.24, 2.45) is 11.8 Å². The van der Waals surface area contributed by atoms with Gasteiger partial charge in [0.05, 0.1) is 0 Å². The molecule has 0 saturated heterocycles. The van der Waals surface area contributed by atoms with E-state index in [1.807, 2.05) is 0 Å². The summed E-state index contributed by atoms with van der Waals surface area (Å²) in [4.78, 5) is 0. The quantitative estimate of drug-likeness (QED) is 0.533. The summed E-state index contributed by atoms with van der Waals surface area (Å²) in [5.74, 6) is 1.60. The molecule has 0 nitrogen and oxygen atoms in total. The second-order valence-electron chi connectivity index (χ2n) is 4.29. The number of unbranched alkanes of at least 4 members (excludes halogenated alkanes) is 1. The molecule has 0 aliphatic heterocycles. The molecule has 0 saturated carbocycles. The molecule has 1 unspecified atom stereocenters. The third-order valence-electron chi connectivity index (χ3n) is 2.29. The van der Waals surface area contributed by atoms with E-state index in [0.29, 0.717) is 0 Å². The van der Waals surface area contributed by atoms with Gasteiger partial charge < -0.3 is 0 Å². The SMILES string of the molecule is CCCCC(C=C(C)C)C(C)C. The minimum atomic E-state index is 0.798. The van der Waals surface area contributed by atoms with E-state index in [-0.39, 0.29) is 0 Å². The molecule has 0 rings (SSSR count). The Morgan fingerprint density at radius 2 is 1.83 bits per heavy atom. The monoisotopic (exact) mass is 168 g/mol. The maximum Gasteiger partial charge on any atom is -0.0208 e. The molecule has 0 heteroatoms. The Morgan fingerprint density at radius 3 is 2.17 bits per heavy atom. The Bertz CT molecular complexity index is 127. The van der Waals surface area contributed by atoms with Crippen molar-refractivity contribution in [1.82, 2.24) is 0 Å². The van der Waals surface area contributed by atoms with Crippen LogP contribution in [0.4, 0.5) is 0 Å². The molecule has 0 N–H and O–H groups in total. The van der Waals surface area contributed by atoms with E-state index in [1.165, 1.54) is 24.8 Å². The van der Waals surface area contributed by atoms with Crippen molar-refractivity contribution in [2.45, 2.75) is 53.9 Å². The molecule has 1 atom stereocenters. The zero-order valence-electron chi connectivity index (χ0n) is 9.35. The van der Waals surface area contributed by atoms with Crippen LogP contribution in [0.25, 0.3) is 0 Å². The summed E-state index contributed by atoms with van der Waals surface area (Å²) in [6, 6.07) is 0. The Labute approximate surface area is 78.1 Å². The van der Waals surface area contributed by atoms with Gasteiger partial charge in [-0.25, -0.2) is 0 Å². The molecule has 72 valence electrons. The average Bonchev–Trinajstić information content (AvgIpc) is 1.96. The van der Waals surface area contributed by atoms with E-state index >= 15 is 0 Å². The Morgan fingerprint density at radius 1 is 1.25 bits per heavy atom. The van der Waals surface area contributed by atoms with Gasteiger partial charge in [0.2, 0.25) is 0 Å². The molecular weight excluding hydrogens is 144 g/mol. The third-order valence-corrected chi connectivity index (χ3v) is 2.29. The summed E-state index contributed by atoms with van der Waals surface area (Å²) < 4.78 is 0. The van der Waals surface area contributed by atoms with Crippen LogP contribution in [0, 0.1) is 11.8 Å². The summed E-state index contributed by atoms with van der Waals surface area (Å²) in [7, 11) is 0. The first-order valence-electron chi connectivity index (χ1n) is 5.23. The van der Waals surface area contributed by atoms with Gasteiger partial charge in [-0.1, -0.05) is 45.3 Å². The number of allylic oxidation sites excluding steroid dienone is 2. The van der Waals surface area contributed by atoms with Crippen LogP contribution in [0.15, 0.2) is 11.6 Å². The maximum atomic E-state index is 2.43. The molecule has 0 heterocycles. The fourth-order valence-corrected chi connectivity index (χ4v) is 1.48. The predicted molar refractivity (Wildman–Crippen MR) is 57.3 cm³/mol. The minimum Gasteiger partial charge on any atom is -0.0825 e. The second-order valence-corrected chi connectivity index (χ2v) is 4.29. The largest absolute Gasteiger partial charge is 0.0825 e. The van der Waals surface area contributed by atoms with Gasteiger partial charge in [-0.3, -0.25) is 0 Å². The van der Waals surface area contributed by atoms with Crippen molar-refractivity contribution < 1.29 is 0 Å². The fraction of sp³-hybridized carbons (Fsp3) is 0.833. The minimum absolute atomic E-state index is 0.798. The Balaban J connectivity index is 3.96. The molecule has 0 amide bonds. The lowest BCUT2D eigenvalue weighted by atomic mass is 9.89. The van der Waals surface area contributed by atoms with Crippen LogP contribution < -0.4 is 0 Å². The lowest BCUT2D eigenvalue weighted by molar-refractivity contribution is 0.420. The van der Waals surface area contributed by atoms with E-state index in [2.05, 4.69) is 40.7 Å². The zero-order chi connectivity index (χ0) is 9.56. The van der Waals surface area contributed by atoms with Gasteiger partial charge in [-0.05, 0) is 32.1 Å². The van der Waals surface area contributed by atoms with Gasteiger partial charge >= 0.3 is 0 Å². The Kier molecular flexibility index (Phi) is 6.14. The van der Waals surface area contributed by atoms with Crippen molar-refractivity contribution in [3.63, 3.8) is 0 Å². The van der Waals surface area contributed by atoms with E-state index in [1.54, 1.807) is 0 Å². The smallest absolute Gasteiger partial charge is 0.0208 e. The molecule has 0 aromatic rings. The predicted octanol–water partition coefficient (Wildman–Crippen LogP) is 4.42. The van der Waals surface area contributed by atoms with Crippen LogP contribution in [0.1, 0.15) is 53.9 Å². The highest BCUT2D eigenvalue weighted by atomic mass is 14.1. The highest BCUT2D eigenvalue weighted by Gasteiger charge is 2.08. The molecule has 0 bridgehead atoms. The van der Waals surface area contributed by atoms with Crippen molar-refractivity contribution in [3.8, 4) is 0 Å². The molecule has 0 aromatic carbocycles. The number of hydrogen-bond acceptors (Lipinski definition) is 0. The van der Waals surface area contributed by atoms with Gasteiger partial charge in [0, 0.05) is 0 Å². The summed E-state index contributed by atoms with van der Waals surface area (Å²) in [5.41, 5.74) is 1.46. The number of hydrogen-bond donors (Lipinski definition) is 0. The molecule has 12 heavy (non-hydrogen) atoms. The summed E-state index contributed by atoms with van der Waals surface area (Å²) in [6.45, 7) is 11.3. The Hall–Kier alpha value is -0.260. The van der Waals surface area contributed by atoms with Gasteiger partial charge in [-0.15, -0.1) is 0 Å². The third kappa shape index (κ3) is 5.40. The van der Waals surface area contributed by atoms with Crippen LogP contribution in [0.5, 0.6) is 0 Å². The van der Waals surface area contributed by atoms with Crippen LogP contribution in [0.3, 0.4) is 0 Å².